The van der Waals surface area contributed by atoms with Gasteiger partial charge in [-0.25, -0.2) is 4.98 Å². The molecule has 0 aliphatic carbocycles. The van der Waals surface area contributed by atoms with E-state index in [1.165, 1.54) is 0 Å². The summed E-state index contributed by atoms with van der Waals surface area (Å²) in [4.78, 5) is 16.7. The number of hydrogen-bond acceptors (Lipinski definition) is 3. The third-order valence-corrected chi connectivity index (χ3v) is 3.80. The molecule has 3 heterocycles. The Labute approximate surface area is 138 Å². The van der Waals surface area contributed by atoms with E-state index in [-0.39, 0.29) is 5.91 Å². The van der Waals surface area contributed by atoms with Crippen molar-refractivity contribution in [2.24, 2.45) is 0 Å². The Hall–Kier alpha value is -3.41. The van der Waals surface area contributed by atoms with Crippen molar-refractivity contribution >= 4 is 17.2 Å². The summed E-state index contributed by atoms with van der Waals surface area (Å²) in [5.41, 5.74) is 4.91. The molecular formula is C18H15N5O. The molecule has 0 unspecified atom stereocenters. The summed E-state index contributed by atoms with van der Waals surface area (Å²) in [6, 6.07) is 13.4. The minimum atomic E-state index is -0.231. The highest BCUT2D eigenvalue weighted by Gasteiger charge is 2.11. The van der Waals surface area contributed by atoms with Gasteiger partial charge in [-0.1, -0.05) is 12.1 Å². The van der Waals surface area contributed by atoms with Crippen LogP contribution in [0.15, 0.2) is 61.1 Å². The predicted octanol–water partition coefficient (Wildman–Crippen LogP) is 3.29. The van der Waals surface area contributed by atoms with Gasteiger partial charge >= 0.3 is 0 Å². The second-order valence-corrected chi connectivity index (χ2v) is 5.60. The summed E-state index contributed by atoms with van der Waals surface area (Å²) in [5.74, 6) is -0.231. The minimum absolute atomic E-state index is 0.231. The normalized spacial score (nSPS) is 10.9. The van der Waals surface area contributed by atoms with Crippen LogP contribution in [0.4, 0.5) is 5.69 Å². The van der Waals surface area contributed by atoms with Crippen LogP contribution < -0.4 is 5.32 Å². The molecule has 118 valence electrons. The first kappa shape index (κ1) is 14.2. The van der Waals surface area contributed by atoms with E-state index in [2.05, 4.69) is 20.5 Å². The van der Waals surface area contributed by atoms with Crippen LogP contribution in [0.25, 0.3) is 16.9 Å². The fourth-order valence-corrected chi connectivity index (χ4v) is 2.54. The van der Waals surface area contributed by atoms with Crippen LogP contribution in [-0.4, -0.2) is 25.5 Å². The highest BCUT2D eigenvalue weighted by atomic mass is 16.1. The first-order valence-corrected chi connectivity index (χ1v) is 7.55. The number of fused-ring (bicyclic) bond motifs is 1. The van der Waals surface area contributed by atoms with E-state index < -0.39 is 0 Å². The highest BCUT2D eigenvalue weighted by Crippen LogP contribution is 2.19. The Bertz CT molecular complexity index is 1000. The number of aromatic amines is 1. The van der Waals surface area contributed by atoms with Crippen LogP contribution in [0.1, 0.15) is 16.1 Å². The summed E-state index contributed by atoms with van der Waals surface area (Å²) >= 11 is 0. The first-order valence-electron chi connectivity index (χ1n) is 7.55. The lowest BCUT2D eigenvalue weighted by Crippen LogP contribution is -2.12. The molecule has 0 aliphatic heterocycles. The molecule has 0 spiro atoms. The maximum Gasteiger partial charge on any atom is 0.275 e. The van der Waals surface area contributed by atoms with Crippen LogP contribution in [-0.2, 0) is 0 Å². The molecule has 0 saturated heterocycles. The Balaban J connectivity index is 1.54. The Morgan fingerprint density at radius 2 is 2.00 bits per heavy atom. The van der Waals surface area contributed by atoms with Gasteiger partial charge in [0.05, 0.1) is 5.69 Å². The predicted molar refractivity (Wildman–Crippen MR) is 91.9 cm³/mol. The second-order valence-electron chi connectivity index (χ2n) is 5.60. The van der Waals surface area contributed by atoms with E-state index >= 15 is 0 Å². The van der Waals surface area contributed by atoms with Crippen molar-refractivity contribution in [3.63, 3.8) is 0 Å². The molecule has 1 amide bonds. The molecule has 0 radical (unpaired) electrons. The average Bonchev–Trinajstić information content (AvgIpc) is 3.24. The average molecular weight is 317 g/mol. The summed E-state index contributed by atoms with van der Waals surface area (Å²) in [7, 11) is 0. The number of carbonyl (C=O) groups is 1. The number of nitrogens with one attached hydrogen (secondary N) is 2. The molecule has 0 atom stereocenters. The SMILES string of the molecule is Cc1ccn2cc(C(=O)Nc3ccc(-c4ccn[nH]4)cc3)nc2c1. The lowest BCUT2D eigenvalue weighted by atomic mass is 10.1. The van der Waals surface area contributed by atoms with Crippen LogP contribution in [0, 0.1) is 6.92 Å². The monoisotopic (exact) mass is 317 g/mol. The van der Waals surface area contributed by atoms with Gasteiger partial charge in [0.1, 0.15) is 11.3 Å². The van der Waals surface area contributed by atoms with E-state index in [1.54, 1.807) is 12.4 Å². The number of H-pyrrole nitrogens is 1. The van der Waals surface area contributed by atoms with E-state index in [4.69, 9.17) is 0 Å². The van der Waals surface area contributed by atoms with E-state index in [1.807, 2.05) is 60.0 Å². The van der Waals surface area contributed by atoms with Gasteiger partial charge in [0, 0.05) is 24.3 Å². The number of hydrogen-bond donors (Lipinski definition) is 2. The molecular weight excluding hydrogens is 302 g/mol. The van der Waals surface area contributed by atoms with Gasteiger partial charge in [-0.3, -0.25) is 9.89 Å². The molecule has 3 aromatic heterocycles. The number of pyridine rings is 1. The summed E-state index contributed by atoms with van der Waals surface area (Å²) < 4.78 is 1.84. The van der Waals surface area contributed by atoms with Crippen molar-refractivity contribution in [3.05, 3.63) is 72.3 Å². The van der Waals surface area contributed by atoms with Gasteiger partial charge in [-0.05, 0) is 48.4 Å². The van der Waals surface area contributed by atoms with Gasteiger partial charge in [-0.15, -0.1) is 0 Å². The lowest BCUT2D eigenvalue weighted by Gasteiger charge is -2.04. The van der Waals surface area contributed by atoms with Gasteiger partial charge in [0.25, 0.3) is 5.91 Å². The maximum absolute atomic E-state index is 12.4. The topological polar surface area (TPSA) is 75.1 Å². The van der Waals surface area contributed by atoms with Crippen molar-refractivity contribution < 1.29 is 4.79 Å². The molecule has 1 aromatic carbocycles. The van der Waals surface area contributed by atoms with Crippen molar-refractivity contribution in [2.45, 2.75) is 6.92 Å². The number of imidazole rings is 1. The van der Waals surface area contributed by atoms with E-state index in [0.29, 0.717) is 5.69 Å². The fraction of sp³-hybridized carbons (Fsp3) is 0.0556. The number of aryl methyl sites for hydroxylation is 1. The number of benzene rings is 1. The summed E-state index contributed by atoms with van der Waals surface area (Å²) in [5, 5.41) is 9.71. The zero-order valence-corrected chi connectivity index (χ0v) is 13.0. The molecule has 0 aliphatic rings. The van der Waals surface area contributed by atoms with Gasteiger partial charge < -0.3 is 9.72 Å². The number of amides is 1. The quantitative estimate of drug-likeness (QED) is 0.609. The molecule has 4 rings (SSSR count). The zero-order chi connectivity index (χ0) is 16.5. The molecule has 6 heteroatoms. The van der Waals surface area contributed by atoms with Crippen molar-refractivity contribution in [2.75, 3.05) is 5.32 Å². The number of anilines is 1. The number of nitrogens with zero attached hydrogens (tertiary/aromatic N) is 3. The van der Waals surface area contributed by atoms with E-state index in [0.717, 1.165) is 28.2 Å². The van der Waals surface area contributed by atoms with Gasteiger partial charge in [0.2, 0.25) is 0 Å². The first-order chi connectivity index (χ1) is 11.7. The van der Waals surface area contributed by atoms with Crippen molar-refractivity contribution in [1.82, 2.24) is 19.6 Å². The van der Waals surface area contributed by atoms with Gasteiger partial charge in [0.15, 0.2) is 0 Å². The zero-order valence-electron chi connectivity index (χ0n) is 13.0. The second kappa shape index (κ2) is 5.66. The summed E-state index contributed by atoms with van der Waals surface area (Å²) in [6.45, 7) is 2.00. The third kappa shape index (κ3) is 2.65. The van der Waals surface area contributed by atoms with Crippen molar-refractivity contribution in [1.29, 1.82) is 0 Å². The molecule has 0 bridgehead atoms. The molecule has 24 heavy (non-hydrogen) atoms. The third-order valence-electron chi connectivity index (χ3n) is 3.80. The number of aromatic nitrogens is 4. The standard InChI is InChI=1S/C18H15N5O/c1-12-7-9-23-11-16(21-17(23)10-12)18(24)20-14-4-2-13(3-5-14)15-6-8-19-22-15/h2-11H,1H3,(H,19,22)(H,20,24). The Kier molecular flexibility index (Phi) is 3.35. The fourth-order valence-electron chi connectivity index (χ4n) is 2.54. The smallest absolute Gasteiger partial charge is 0.275 e. The van der Waals surface area contributed by atoms with E-state index in [9.17, 15) is 4.79 Å². The number of carbonyl (C=O) groups excluding carboxylic acids is 1. The Morgan fingerprint density at radius 3 is 2.75 bits per heavy atom. The molecule has 6 nitrogen and oxygen atoms in total. The molecule has 4 aromatic rings. The molecule has 2 N–H and O–H groups in total. The van der Waals surface area contributed by atoms with Crippen LogP contribution in [0.5, 0.6) is 0 Å². The van der Waals surface area contributed by atoms with Crippen LogP contribution >= 0.6 is 0 Å². The Morgan fingerprint density at radius 1 is 1.17 bits per heavy atom. The minimum Gasteiger partial charge on any atom is -0.321 e. The number of rotatable bonds is 3. The summed E-state index contributed by atoms with van der Waals surface area (Å²) in [6.07, 6.45) is 5.33. The van der Waals surface area contributed by atoms with Crippen LogP contribution in [0.2, 0.25) is 0 Å². The van der Waals surface area contributed by atoms with Gasteiger partial charge in [-0.2, -0.15) is 5.10 Å². The molecule has 0 saturated carbocycles. The largest absolute Gasteiger partial charge is 0.321 e. The van der Waals surface area contributed by atoms with Crippen molar-refractivity contribution in [3.8, 4) is 11.3 Å². The lowest BCUT2D eigenvalue weighted by molar-refractivity contribution is 0.102. The molecule has 0 fully saturated rings. The van der Waals surface area contributed by atoms with Crippen LogP contribution in [0.3, 0.4) is 0 Å². The maximum atomic E-state index is 12.4. The highest BCUT2D eigenvalue weighted by molar-refractivity contribution is 6.03.